The molecule has 0 bridgehead atoms. The zero-order valence-electron chi connectivity index (χ0n) is 14.9. The van der Waals surface area contributed by atoms with Gasteiger partial charge in [-0.2, -0.15) is 0 Å². The lowest BCUT2D eigenvalue weighted by Gasteiger charge is -2.35. The monoisotopic (exact) mass is 329 g/mol. The van der Waals surface area contributed by atoms with Crippen molar-refractivity contribution in [1.82, 2.24) is 4.90 Å². The molecule has 2 atom stereocenters. The van der Waals surface area contributed by atoms with Gasteiger partial charge in [0.25, 0.3) is 0 Å². The summed E-state index contributed by atoms with van der Waals surface area (Å²) in [4.78, 5) is 14.1. The molecule has 1 rings (SSSR count). The number of aliphatic hydroxyl groups excluding tert-OH is 1. The summed E-state index contributed by atoms with van der Waals surface area (Å²) in [5.74, 6) is 1.34. The summed E-state index contributed by atoms with van der Waals surface area (Å²) in [6.45, 7) is 14.0. The summed E-state index contributed by atoms with van der Waals surface area (Å²) < 4.78 is 5.56. The molecule has 4 nitrogen and oxygen atoms in total. The van der Waals surface area contributed by atoms with Gasteiger partial charge in [-0.15, -0.1) is 11.8 Å². The van der Waals surface area contributed by atoms with Crippen LogP contribution in [0.2, 0.25) is 0 Å². The lowest BCUT2D eigenvalue weighted by Crippen LogP contribution is -2.48. The van der Waals surface area contributed by atoms with Crippen LogP contribution >= 0.6 is 11.8 Å². The maximum atomic E-state index is 12.5. The van der Waals surface area contributed by atoms with Crippen LogP contribution in [0, 0.1) is 11.8 Å². The van der Waals surface area contributed by atoms with Crippen LogP contribution < -0.4 is 0 Å². The van der Waals surface area contributed by atoms with Gasteiger partial charge in [0.1, 0.15) is 5.60 Å². The fourth-order valence-corrected chi connectivity index (χ4v) is 3.59. The molecule has 128 valence electrons. The van der Waals surface area contributed by atoms with Gasteiger partial charge in [0.15, 0.2) is 0 Å². The van der Waals surface area contributed by atoms with E-state index in [1.165, 1.54) is 0 Å². The number of rotatable bonds is 4. The lowest BCUT2D eigenvalue weighted by atomic mass is 9.95. The number of aliphatic hydroxyl groups is 1. The summed E-state index contributed by atoms with van der Waals surface area (Å²) in [6.07, 6.45) is 3.81. The molecule has 1 aliphatic rings. The van der Waals surface area contributed by atoms with E-state index in [0.717, 1.165) is 5.75 Å². The second kappa shape index (κ2) is 7.26. The van der Waals surface area contributed by atoms with Crippen molar-refractivity contribution in [2.75, 3.05) is 12.4 Å². The first-order valence-corrected chi connectivity index (χ1v) is 8.92. The molecule has 0 aromatic heterocycles. The van der Waals surface area contributed by atoms with Crippen molar-refractivity contribution in [3.05, 3.63) is 12.2 Å². The lowest BCUT2D eigenvalue weighted by molar-refractivity contribution is 0.0138. The Labute approximate surface area is 139 Å². The number of amides is 1. The largest absolute Gasteiger partial charge is 0.444 e. The highest BCUT2D eigenvalue weighted by molar-refractivity contribution is 8.00. The zero-order valence-corrected chi connectivity index (χ0v) is 15.7. The van der Waals surface area contributed by atoms with Gasteiger partial charge in [0.2, 0.25) is 0 Å². The third-order valence-electron chi connectivity index (χ3n) is 3.76. The smallest absolute Gasteiger partial charge is 0.411 e. The average Bonchev–Trinajstić information content (AvgIpc) is 2.62. The molecule has 1 amide bonds. The minimum Gasteiger partial charge on any atom is -0.444 e. The quantitative estimate of drug-likeness (QED) is 0.795. The highest BCUT2D eigenvalue weighted by Crippen LogP contribution is 2.40. The van der Waals surface area contributed by atoms with Crippen LogP contribution in [-0.4, -0.2) is 45.0 Å². The topological polar surface area (TPSA) is 49.8 Å². The highest BCUT2D eigenvalue weighted by Gasteiger charge is 2.44. The molecule has 0 unspecified atom stereocenters. The molecule has 0 saturated carbocycles. The molecule has 1 N–H and O–H groups in total. The summed E-state index contributed by atoms with van der Waals surface area (Å²) in [5.41, 5.74) is -0.500. The van der Waals surface area contributed by atoms with Crippen LogP contribution in [0.25, 0.3) is 0 Å². The van der Waals surface area contributed by atoms with Crippen LogP contribution in [0.1, 0.15) is 48.5 Å². The van der Waals surface area contributed by atoms with Crippen LogP contribution in [-0.2, 0) is 4.74 Å². The number of ether oxygens (including phenoxy) is 1. The van der Waals surface area contributed by atoms with E-state index < -0.39 is 5.60 Å². The molecule has 22 heavy (non-hydrogen) atoms. The van der Waals surface area contributed by atoms with Gasteiger partial charge in [-0.25, -0.2) is 4.79 Å². The molecule has 0 aliphatic carbocycles. The molecular formula is C17H31NO3S. The molecule has 1 aliphatic heterocycles. The Kier molecular flexibility index (Phi) is 6.39. The average molecular weight is 330 g/mol. The van der Waals surface area contributed by atoms with Crippen molar-refractivity contribution in [2.45, 2.75) is 65.0 Å². The Balaban J connectivity index is 2.90. The predicted octanol–water partition coefficient (Wildman–Crippen LogP) is 3.90. The molecule has 1 fully saturated rings. The molecule has 0 radical (unpaired) electrons. The number of thioether (sulfide) groups is 1. The zero-order chi connectivity index (χ0) is 17.1. The second-order valence-electron chi connectivity index (χ2n) is 7.65. The maximum absolute atomic E-state index is 12.5. The van der Waals surface area contributed by atoms with Crippen LogP contribution in [0.15, 0.2) is 12.2 Å². The van der Waals surface area contributed by atoms with E-state index in [9.17, 15) is 9.90 Å². The molecule has 1 saturated heterocycles. The van der Waals surface area contributed by atoms with Crippen molar-refractivity contribution >= 4 is 17.9 Å². The van der Waals surface area contributed by atoms with Crippen molar-refractivity contribution in [3.63, 3.8) is 0 Å². The Bertz CT molecular complexity index is 413. The Morgan fingerprint density at radius 1 is 1.45 bits per heavy atom. The van der Waals surface area contributed by atoms with Crippen molar-refractivity contribution in [3.8, 4) is 0 Å². The fourth-order valence-electron chi connectivity index (χ4n) is 2.41. The molecular weight excluding hydrogens is 298 g/mol. The second-order valence-corrected chi connectivity index (χ2v) is 9.27. The van der Waals surface area contributed by atoms with Gasteiger partial charge in [0.05, 0.1) is 10.9 Å². The van der Waals surface area contributed by atoms with E-state index in [4.69, 9.17) is 4.74 Å². The molecule has 1 heterocycles. The normalized spacial score (nSPS) is 23.3. The maximum Gasteiger partial charge on any atom is 0.411 e. The van der Waals surface area contributed by atoms with Crippen molar-refractivity contribution < 1.29 is 14.6 Å². The van der Waals surface area contributed by atoms with Gasteiger partial charge in [0, 0.05) is 18.3 Å². The first-order chi connectivity index (χ1) is 9.98. The highest BCUT2D eigenvalue weighted by atomic mass is 32.2. The number of hydrogen-bond donors (Lipinski definition) is 1. The summed E-state index contributed by atoms with van der Waals surface area (Å²) in [5, 5.41) is 9.44. The van der Waals surface area contributed by atoms with Gasteiger partial charge >= 0.3 is 6.09 Å². The van der Waals surface area contributed by atoms with E-state index in [1.807, 2.05) is 51.7 Å². The third kappa shape index (κ3) is 5.20. The predicted molar refractivity (Wildman–Crippen MR) is 93.0 cm³/mol. The van der Waals surface area contributed by atoms with Gasteiger partial charge < -0.3 is 9.84 Å². The van der Waals surface area contributed by atoms with Gasteiger partial charge in [-0.3, -0.25) is 4.90 Å². The Morgan fingerprint density at radius 3 is 2.50 bits per heavy atom. The minimum atomic E-state index is -0.500. The number of hydrogen-bond acceptors (Lipinski definition) is 4. The van der Waals surface area contributed by atoms with E-state index in [-0.39, 0.29) is 29.5 Å². The van der Waals surface area contributed by atoms with Gasteiger partial charge in [-0.05, 0) is 40.5 Å². The van der Waals surface area contributed by atoms with Gasteiger partial charge in [-0.1, -0.05) is 26.0 Å². The van der Waals surface area contributed by atoms with E-state index in [2.05, 4.69) is 13.8 Å². The summed E-state index contributed by atoms with van der Waals surface area (Å²) in [6, 6.07) is 0.00245. The fraction of sp³-hybridized carbons (Fsp3) is 0.824. The minimum absolute atomic E-state index is 0.00245. The van der Waals surface area contributed by atoms with Crippen molar-refractivity contribution in [2.24, 2.45) is 11.8 Å². The number of carbonyl (C=O) groups is 1. The Hall–Kier alpha value is -0.680. The molecule has 0 spiro atoms. The van der Waals surface area contributed by atoms with Crippen molar-refractivity contribution in [1.29, 1.82) is 0 Å². The SMILES string of the molecule is CC(C)[C@H](/C=C/[C@@H]1CSC(C)(C)N1C(=O)OC(C)(C)C)CO. The molecule has 0 aromatic carbocycles. The van der Waals surface area contributed by atoms with Crippen LogP contribution in [0.3, 0.4) is 0 Å². The standard InChI is InChI=1S/C17H31NO3S/c1-12(2)13(10-19)8-9-14-11-22-17(6,7)18(14)15(20)21-16(3,4)5/h8-9,12-14,19H,10-11H2,1-7H3/b9-8+/t13-,14-/m1/s1. The number of nitrogens with zero attached hydrogens (tertiary/aromatic N) is 1. The van der Waals surface area contributed by atoms with Crippen LogP contribution in [0.4, 0.5) is 4.79 Å². The number of carbonyl (C=O) groups excluding carboxylic acids is 1. The van der Waals surface area contributed by atoms with Crippen LogP contribution in [0.5, 0.6) is 0 Å². The van der Waals surface area contributed by atoms with E-state index >= 15 is 0 Å². The van der Waals surface area contributed by atoms with E-state index in [1.54, 1.807) is 11.8 Å². The summed E-state index contributed by atoms with van der Waals surface area (Å²) >= 11 is 1.75. The summed E-state index contributed by atoms with van der Waals surface area (Å²) in [7, 11) is 0. The van der Waals surface area contributed by atoms with E-state index in [0.29, 0.717) is 5.92 Å². The first kappa shape index (κ1) is 19.4. The molecule has 0 aromatic rings. The molecule has 5 heteroatoms. The Morgan fingerprint density at radius 2 is 2.05 bits per heavy atom. The third-order valence-corrected chi connectivity index (χ3v) is 5.17. The first-order valence-electron chi connectivity index (χ1n) is 7.93.